The molecule has 10 rings (SSSR count). The average molecular weight is 963 g/mol. The number of ether oxygens (including phenoxy) is 2. The van der Waals surface area contributed by atoms with Crippen LogP contribution in [0.25, 0.3) is 22.5 Å². The van der Waals surface area contributed by atoms with Crippen molar-refractivity contribution >= 4 is 30.1 Å². The highest BCUT2D eigenvalue weighted by Crippen LogP contribution is 2.33. The first-order valence-electron chi connectivity index (χ1n) is 21.5. The number of aldehydes is 1. The largest absolute Gasteiger partial charge is 0.417 e. The summed E-state index contributed by atoms with van der Waals surface area (Å²) >= 11 is 0. The van der Waals surface area contributed by atoms with E-state index in [1.165, 1.54) is 12.1 Å². The summed E-state index contributed by atoms with van der Waals surface area (Å²) in [6.07, 6.45) is -7.25. The number of piperazine rings is 2. The molecule has 4 aliphatic heterocycles. The van der Waals surface area contributed by atoms with Crippen LogP contribution in [-0.4, -0.2) is 116 Å². The lowest BCUT2D eigenvalue weighted by molar-refractivity contribution is -0.138. The van der Waals surface area contributed by atoms with Gasteiger partial charge in [0.1, 0.15) is 40.2 Å². The van der Waals surface area contributed by atoms with Gasteiger partial charge in [0.05, 0.1) is 11.1 Å². The normalized spacial score (nSPS) is 18.1. The number of amides is 2. The predicted octanol–water partition coefficient (Wildman–Crippen LogP) is 5.98. The molecule has 2 aromatic carbocycles. The number of nitrogens with zero attached hydrogens (tertiary/aromatic N) is 9. The number of aromatic amines is 2. The molecule has 5 N–H and O–H groups in total. The highest BCUT2D eigenvalue weighted by molar-refractivity contribution is 5.83. The molecule has 2 saturated heterocycles. The maximum Gasteiger partial charge on any atom is 0.417 e. The highest BCUT2D eigenvalue weighted by Gasteiger charge is 2.33. The Balaban J connectivity index is 0.000000154. The number of H-pyrrole nitrogens is 2. The third-order valence-corrected chi connectivity index (χ3v) is 11.6. The quantitative estimate of drug-likeness (QED) is 0.0917. The second-order valence-electron chi connectivity index (χ2n) is 16.3. The number of nitrogens with one attached hydrogen (secondary N) is 5. The van der Waals surface area contributed by atoms with Gasteiger partial charge in [-0.2, -0.15) is 57.2 Å². The van der Waals surface area contributed by atoms with Crippen molar-refractivity contribution in [2.45, 2.75) is 57.9 Å². The zero-order valence-corrected chi connectivity index (χ0v) is 36.9. The molecular weight excluding hydrogens is 919 g/mol. The van der Waals surface area contributed by atoms with Crippen LogP contribution in [-0.2, 0) is 32.0 Å². The monoisotopic (exact) mass is 962 g/mol. The van der Waals surface area contributed by atoms with Crippen molar-refractivity contribution in [2.24, 2.45) is 0 Å². The zero-order chi connectivity index (χ0) is 48.9. The van der Waals surface area contributed by atoms with Crippen molar-refractivity contribution in [3.8, 4) is 34.0 Å². The molecule has 4 aromatic heterocycles. The molecular formula is C44H44F6N14O5. The molecule has 2 amide bonds. The van der Waals surface area contributed by atoms with Gasteiger partial charge in [0.2, 0.25) is 0 Å². The van der Waals surface area contributed by atoms with Crippen molar-refractivity contribution < 1.29 is 50.2 Å². The van der Waals surface area contributed by atoms with Crippen LogP contribution in [0.3, 0.4) is 0 Å². The number of aromatic nitrogens is 8. The maximum atomic E-state index is 12.8. The number of pyridine rings is 2. The Kier molecular flexibility index (Phi) is 14.1. The van der Waals surface area contributed by atoms with Gasteiger partial charge in [-0.15, -0.1) is 0 Å². The number of benzene rings is 2. The fraction of sp³-hybridized carbons (Fsp3) is 0.341. The lowest BCUT2D eigenvalue weighted by atomic mass is 10.0. The van der Waals surface area contributed by atoms with E-state index in [2.05, 4.69) is 61.6 Å². The predicted molar refractivity (Wildman–Crippen MR) is 235 cm³/mol. The summed E-state index contributed by atoms with van der Waals surface area (Å²) in [4.78, 5) is 47.4. The summed E-state index contributed by atoms with van der Waals surface area (Å²) in [5.74, 6) is 2.18. The van der Waals surface area contributed by atoms with Crippen LogP contribution in [0.4, 0.5) is 47.6 Å². The standard InChI is InChI=1S/C22H22F3N7O2.C11H14F3N3.C11H8N4O3/c1-13-11-31(6-7-32(13)19-5-3-16(10-26-19)22(23,24)25)12-17-20(29-30-28-17)14-2-4-18-15(8-14)9-27-21(33)34-18;1-8-6-15-4-5-17(8)10-3-2-9(7-16-10)11(12,13)14;16-5-8-10(14-15-13-8)6-1-2-9-7(3-6)4-12-11(17)18-9/h2-5,8,10,13H,6-7,9,11-12H2,1H3,(H,27,33)(H,28,29,30);2-3,7-8,15H,4-6H2,1H3;1-3,5H,4H2,(H,12,17)(H,13,14,15)/t13-;8-;/m11./s1. The number of anilines is 2. The van der Waals surface area contributed by atoms with Crippen LogP contribution >= 0.6 is 0 Å². The molecule has 0 radical (unpaired) electrons. The molecule has 2 atom stereocenters. The Morgan fingerprint density at radius 2 is 1.23 bits per heavy atom. The fourth-order valence-corrected chi connectivity index (χ4v) is 8.02. The number of alkyl halides is 6. The lowest BCUT2D eigenvalue weighted by Gasteiger charge is -2.40. The molecule has 0 bridgehead atoms. The van der Waals surface area contributed by atoms with Gasteiger partial charge < -0.3 is 35.2 Å². The Morgan fingerprint density at radius 1 is 0.681 bits per heavy atom. The van der Waals surface area contributed by atoms with Gasteiger partial charge in [0, 0.05) is 106 Å². The van der Waals surface area contributed by atoms with Gasteiger partial charge in [0.15, 0.2) is 12.0 Å². The van der Waals surface area contributed by atoms with Gasteiger partial charge in [-0.05, 0) is 74.5 Å². The topological polar surface area (TPSA) is 224 Å². The third-order valence-electron chi connectivity index (χ3n) is 11.6. The molecule has 25 heteroatoms. The summed E-state index contributed by atoms with van der Waals surface area (Å²) in [5, 5.41) is 29.8. The summed E-state index contributed by atoms with van der Waals surface area (Å²) in [6, 6.07) is 16.0. The first-order valence-corrected chi connectivity index (χ1v) is 21.5. The number of carbonyl (C=O) groups is 3. The van der Waals surface area contributed by atoms with Gasteiger partial charge in [-0.25, -0.2) is 19.6 Å². The number of rotatable bonds is 7. The minimum Gasteiger partial charge on any atom is -0.410 e. The van der Waals surface area contributed by atoms with Crippen LogP contribution in [0.1, 0.15) is 52.3 Å². The number of halogens is 6. The highest BCUT2D eigenvalue weighted by atomic mass is 19.4. The van der Waals surface area contributed by atoms with E-state index in [0.29, 0.717) is 74.4 Å². The van der Waals surface area contributed by atoms with E-state index < -0.39 is 35.7 Å². The van der Waals surface area contributed by atoms with E-state index in [9.17, 15) is 40.7 Å². The van der Waals surface area contributed by atoms with E-state index in [0.717, 1.165) is 77.8 Å². The first-order chi connectivity index (χ1) is 33.0. The second-order valence-corrected chi connectivity index (χ2v) is 16.3. The van der Waals surface area contributed by atoms with E-state index in [1.807, 2.05) is 35.8 Å². The minimum absolute atomic E-state index is 0.0536. The zero-order valence-electron chi connectivity index (χ0n) is 36.9. The van der Waals surface area contributed by atoms with Gasteiger partial charge in [-0.3, -0.25) is 9.69 Å². The molecule has 362 valence electrons. The molecule has 6 aromatic rings. The van der Waals surface area contributed by atoms with Crippen LogP contribution in [0.15, 0.2) is 73.1 Å². The van der Waals surface area contributed by atoms with Crippen molar-refractivity contribution in [1.29, 1.82) is 0 Å². The number of carbonyl (C=O) groups excluding carboxylic acids is 3. The summed E-state index contributed by atoms with van der Waals surface area (Å²) in [5.41, 5.74) is 4.06. The fourth-order valence-electron chi connectivity index (χ4n) is 8.02. The number of hydrogen-bond acceptors (Lipinski definition) is 15. The smallest absolute Gasteiger partial charge is 0.410 e. The molecule has 19 nitrogen and oxygen atoms in total. The van der Waals surface area contributed by atoms with Crippen molar-refractivity contribution in [2.75, 3.05) is 49.1 Å². The van der Waals surface area contributed by atoms with Crippen molar-refractivity contribution in [3.63, 3.8) is 0 Å². The Morgan fingerprint density at radius 3 is 1.75 bits per heavy atom. The Labute approximate surface area is 389 Å². The molecule has 8 heterocycles. The van der Waals surface area contributed by atoms with E-state index >= 15 is 0 Å². The molecule has 4 aliphatic rings. The minimum atomic E-state index is -4.40. The van der Waals surface area contributed by atoms with Crippen LogP contribution < -0.4 is 35.2 Å². The molecule has 2 fully saturated rings. The van der Waals surface area contributed by atoms with Gasteiger partial charge in [-0.1, -0.05) is 0 Å². The Bertz CT molecular complexity index is 2770. The summed E-state index contributed by atoms with van der Waals surface area (Å²) in [7, 11) is 0. The van der Waals surface area contributed by atoms with Crippen LogP contribution in [0.5, 0.6) is 11.5 Å². The van der Waals surface area contributed by atoms with Crippen molar-refractivity contribution in [3.05, 3.63) is 107 Å². The molecule has 69 heavy (non-hydrogen) atoms. The number of hydrogen-bond donors (Lipinski definition) is 5. The molecule has 0 saturated carbocycles. The lowest BCUT2D eigenvalue weighted by Crippen LogP contribution is -2.52. The van der Waals surface area contributed by atoms with Gasteiger partial charge in [0.25, 0.3) is 0 Å². The van der Waals surface area contributed by atoms with Crippen LogP contribution in [0.2, 0.25) is 0 Å². The Hall–Kier alpha value is -7.67. The van der Waals surface area contributed by atoms with Crippen LogP contribution in [0, 0.1) is 0 Å². The number of fused-ring (bicyclic) bond motifs is 2. The van der Waals surface area contributed by atoms with E-state index in [-0.39, 0.29) is 17.8 Å². The maximum absolute atomic E-state index is 12.8. The SMILES string of the molecule is C[C@@H]1CN(Cc2n[nH]nc2-c2ccc3c(c2)CNC(=O)O3)CCN1c1ccc(C(F)(F)F)cn1.C[C@@H]1CNCCN1c1ccc(C(F)(F)F)cn1.O=Cc1n[nH]nc1-c1ccc2c(c1)CNC(=O)O2. The first kappa shape index (κ1) is 47.8. The van der Waals surface area contributed by atoms with E-state index in [4.69, 9.17) is 9.47 Å². The molecule has 0 unspecified atom stereocenters. The molecule has 0 aliphatic carbocycles. The third kappa shape index (κ3) is 11.4. The second kappa shape index (κ2) is 20.3. The van der Waals surface area contributed by atoms with Crippen molar-refractivity contribution in [1.82, 2.24) is 61.6 Å². The summed E-state index contributed by atoms with van der Waals surface area (Å²) in [6.45, 7) is 9.80. The van der Waals surface area contributed by atoms with E-state index in [1.54, 1.807) is 24.3 Å². The average Bonchev–Trinajstić information content (AvgIpc) is 4.02. The summed E-state index contributed by atoms with van der Waals surface area (Å²) < 4.78 is 85.8. The van der Waals surface area contributed by atoms with Gasteiger partial charge >= 0.3 is 24.5 Å². The molecule has 0 spiro atoms.